The van der Waals surface area contributed by atoms with E-state index in [2.05, 4.69) is 5.32 Å². The van der Waals surface area contributed by atoms with Crippen LogP contribution in [0.3, 0.4) is 0 Å². The van der Waals surface area contributed by atoms with E-state index in [0.29, 0.717) is 6.54 Å². The van der Waals surface area contributed by atoms with E-state index in [4.69, 9.17) is 15.2 Å². The summed E-state index contributed by atoms with van der Waals surface area (Å²) in [6.45, 7) is 4.87. The summed E-state index contributed by atoms with van der Waals surface area (Å²) in [4.78, 5) is 0. The summed E-state index contributed by atoms with van der Waals surface area (Å²) in [6.07, 6.45) is 0. The molecule has 1 fully saturated rings. The molecule has 1 aliphatic heterocycles. The van der Waals surface area contributed by atoms with Crippen LogP contribution in [0, 0.1) is 5.41 Å². The molecule has 0 atom stereocenters. The fourth-order valence-corrected chi connectivity index (χ4v) is 1.21. The number of hydrogen-bond donors (Lipinski definition) is 2. The molecule has 12 heavy (non-hydrogen) atoms. The third kappa shape index (κ3) is 2.42. The molecular weight excluding hydrogens is 156 g/mol. The molecule has 72 valence electrons. The Morgan fingerprint density at radius 3 is 2.75 bits per heavy atom. The maximum absolute atomic E-state index is 5.63. The SMILES string of the molecule is COCCNCC1(CN)COC1. The minimum Gasteiger partial charge on any atom is -0.383 e. The molecule has 0 aromatic rings. The van der Waals surface area contributed by atoms with Crippen LogP contribution in [-0.2, 0) is 9.47 Å². The molecule has 0 aliphatic carbocycles. The number of nitrogens with two attached hydrogens (primary N) is 1. The van der Waals surface area contributed by atoms with Crippen molar-refractivity contribution in [3.63, 3.8) is 0 Å². The molecule has 4 nitrogen and oxygen atoms in total. The van der Waals surface area contributed by atoms with E-state index in [1.165, 1.54) is 0 Å². The van der Waals surface area contributed by atoms with E-state index in [-0.39, 0.29) is 5.41 Å². The topological polar surface area (TPSA) is 56.5 Å². The molecular formula is C8H18N2O2. The van der Waals surface area contributed by atoms with Crippen LogP contribution in [0.4, 0.5) is 0 Å². The van der Waals surface area contributed by atoms with Crippen molar-refractivity contribution >= 4 is 0 Å². The first-order valence-corrected chi connectivity index (χ1v) is 4.30. The molecule has 1 saturated heterocycles. The Bertz CT molecular complexity index is 121. The normalized spacial score (nSPS) is 20.5. The van der Waals surface area contributed by atoms with Crippen molar-refractivity contribution in [1.29, 1.82) is 0 Å². The zero-order valence-corrected chi connectivity index (χ0v) is 7.64. The van der Waals surface area contributed by atoms with Crippen LogP contribution in [0.5, 0.6) is 0 Å². The van der Waals surface area contributed by atoms with Gasteiger partial charge in [-0.2, -0.15) is 0 Å². The van der Waals surface area contributed by atoms with Crippen molar-refractivity contribution in [2.45, 2.75) is 0 Å². The van der Waals surface area contributed by atoms with Crippen LogP contribution in [0.2, 0.25) is 0 Å². The van der Waals surface area contributed by atoms with Crippen LogP contribution in [0.15, 0.2) is 0 Å². The third-order valence-electron chi connectivity index (χ3n) is 2.23. The number of rotatable bonds is 6. The zero-order chi connectivity index (χ0) is 8.86. The largest absolute Gasteiger partial charge is 0.383 e. The highest BCUT2D eigenvalue weighted by atomic mass is 16.5. The Labute approximate surface area is 73.4 Å². The molecule has 0 unspecified atom stereocenters. The summed E-state index contributed by atoms with van der Waals surface area (Å²) in [5, 5.41) is 3.30. The average Bonchev–Trinajstić information content (AvgIpc) is 2.02. The van der Waals surface area contributed by atoms with Crippen molar-refractivity contribution in [1.82, 2.24) is 5.32 Å². The lowest BCUT2D eigenvalue weighted by molar-refractivity contribution is -0.105. The average molecular weight is 174 g/mol. The molecule has 3 N–H and O–H groups in total. The monoisotopic (exact) mass is 174 g/mol. The molecule has 0 aromatic heterocycles. The van der Waals surface area contributed by atoms with Crippen molar-refractivity contribution in [2.75, 3.05) is 46.6 Å². The highest BCUT2D eigenvalue weighted by Gasteiger charge is 2.36. The molecule has 0 saturated carbocycles. The van der Waals surface area contributed by atoms with Crippen molar-refractivity contribution in [3.8, 4) is 0 Å². The predicted octanol–water partition coefficient (Wildman–Crippen LogP) is -0.802. The standard InChI is InChI=1S/C8H18N2O2/c1-11-3-2-10-5-8(4-9)6-12-7-8/h10H,2-7,9H2,1H3. The second kappa shape index (κ2) is 4.77. The molecule has 4 heteroatoms. The second-order valence-corrected chi connectivity index (χ2v) is 3.37. The van der Waals surface area contributed by atoms with E-state index in [9.17, 15) is 0 Å². The lowest BCUT2D eigenvalue weighted by Gasteiger charge is -2.40. The number of methoxy groups -OCH3 is 1. The van der Waals surface area contributed by atoms with E-state index < -0.39 is 0 Å². The Kier molecular flexibility index (Phi) is 3.94. The third-order valence-corrected chi connectivity index (χ3v) is 2.23. The number of ether oxygens (including phenoxy) is 2. The summed E-state index contributed by atoms with van der Waals surface area (Å²) in [6, 6.07) is 0. The van der Waals surface area contributed by atoms with E-state index >= 15 is 0 Å². The summed E-state index contributed by atoms with van der Waals surface area (Å²) in [5.41, 5.74) is 5.83. The smallest absolute Gasteiger partial charge is 0.0587 e. The highest BCUT2D eigenvalue weighted by Crippen LogP contribution is 2.24. The first kappa shape index (κ1) is 9.92. The molecule has 1 rings (SSSR count). The van der Waals surface area contributed by atoms with Gasteiger partial charge in [0.15, 0.2) is 0 Å². The van der Waals surface area contributed by atoms with Crippen LogP contribution in [0.1, 0.15) is 0 Å². The fourth-order valence-electron chi connectivity index (χ4n) is 1.21. The van der Waals surface area contributed by atoms with Gasteiger partial charge in [0.25, 0.3) is 0 Å². The molecule has 0 amide bonds. The molecule has 0 bridgehead atoms. The maximum atomic E-state index is 5.63. The lowest BCUT2D eigenvalue weighted by atomic mass is 9.86. The number of nitrogens with one attached hydrogen (secondary N) is 1. The van der Waals surface area contributed by atoms with Gasteiger partial charge in [0.05, 0.1) is 19.8 Å². The second-order valence-electron chi connectivity index (χ2n) is 3.37. The van der Waals surface area contributed by atoms with Gasteiger partial charge in [-0.05, 0) is 0 Å². The summed E-state index contributed by atoms with van der Waals surface area (Å²) in [7, 11) is 1.70. The Morgan fingerprint density at radius 1 is 1.58 bits per heavy atom. The van der Waals surface area contributed by atoms with Crippen LogP contribution in [-0.4, -0.2) is 46.6 Å². The van der Waals surface area contributed by atoms with Gasteiger partial charge < -0.3 is 20.5 Å². The summed E-state index contributed by atoms with van der Waals surface area (Å²) in [5.74, 6) is 0. The highest BCUT2D eigenvalue weighted by molar-refractivity contribution is 4.88. The van der Waals surface area contributed by atoms with Gasteiger partial charge in [0.2, 0.25) is 0 Å². The molecule has 1 aliphatic rings. The van der Waals surface area contributed by atoms with Crippen molar-refractivity contribution in [3.05, 3.63) is 0 Å². The van der Waals surface area contributed by atoms with E-state index in [1.54, 1.807) is 7.11 Å². The fraction of sp³-hybridized carbons (Fsp3) is 1.00. The lowest BCUT2D eigenvalue weighted by Crippen LogP contribution is -2.54. The van der Waals surface area contributed by atoms with Crippen LogP contribution >= 0.6 is 0 Å². The summed E-state index contributed by atoms with van der Waals surface area (Å²) < 4.78 is 10.1. The minimum absolute atomic E-state index is 0.202. The Morgan fingerprint density at radius 2 is 2.33 bits per heavy atom. The van der Waals surface area contributed by atoms with Crippen molar-refractivity contribution in [2.24, 2.45) is 11.1 Å². The van der Waals surface area contributed by atoms with Gasteiger partial charge in [-0.3, -0.25) is 0 Å². The Balaban J connectivity index is 2.04. The van der Waals surface area contributed by atoms with E-state index in [1.807, 2.05) is 0 Å². The summed E-state index contributed by atoms with van der Waals surface area (Å²) >= 11 is 0. The quantitative estimate of drug-likeness (QED) is 0.517. The van der Waals surface area contributed by atoms with E-state index in [0.717, 1.165) is 32.9 Å². The van der Waals surface area contributed by atoms with Gasteiger partial charge in [-0.1, -0.05) is 0 Å². The Hall–Kier alpha value is -0.160. The predicted molar refractivity (Wildman–Crippen MR) is 47.1 cm³/mol. The molecule has 1 heterocycles. The van der Waals surface area contributed by atoms with Gasteiger partial charge in [-0.15, -0.1) is 0 Å². The zero-order valence-electron chi connectivity index (χ0n) is 7.64. The van der Waals surface area contributed by atoms with Crippen molar-refractivity contribution < 1.29 is 9.47 Å². The number of hydrogen-bond acceptors (Lipinski definition) is 4. The van der Waals surface area contributed by atoms with Gasteiger partial charge in [-0.25, -0.2) is 0 Å². The minimum atomic E-state index is 0.202. The molecule has 0 spiro atoms. The first-order chi connectivity index (χ1) is 5.83. The first-order valence-electron chi connectivity index (χ1n) is 4.30. The maximum Gasteiger partial charge on any atom is 0.0587 e. The van der Waals surface area contributed by atoms with Gasteiger partial charge >= 0.3 is 0 Å². The van der Waals surface area contributed by atoms with Gasteiger partial charge in [0.1, 0.15) is 0 Å². The molecule has 0 aromatic carbocycles. The van der Waals surface area contributed by atoms with Crippen LogP contribution < -0.4 is 11.1 Å². The van der Waals surface area contributed by atoms with Crippen LogP contribution in [0.25, 0.3) is 0 Å². The molecule has 0 radical (unpaired) electrons. The van der Waals surface area contributed by atoms with Gasteiger partial charge in [0, 0.05) is 32.2 Å².